The van der Waals surface area contributed by atoms with Crippen LogP contribution in [0.25, 0.3) is 11.0 Å². The standard InChI is InChI=1S/C14H10Cl2N4/c15-9-3-1-2-8(6-9)7-11-13-10(18-14(17)19-11)4-5-12(16)20-13/h1-6H,7H2,(H2,17,18,19). The number of aromatic nitrogens is 3. The van der Waals surface area contributed by atoms with Gasteiger partial charge in [0.15, 0.2) is 0 Å². The molecule has 0 aliphatic heterocycles. The van der Waals surface area contributed by atoms with Gasteiger partial charge in [0, 0.05) is 11.4 Å². The summed E-state index contributed by atoms with van der Waals surface area (Å²) in [5.41, 5.74) is 8.84. The first-order chi connectivity index (χ1) is 9.61. The van der Waals surface area contributed by atoms with Crippen molar-refractivity contribution >= 4 is 40.2 Å². The monoisotopic (exact) mass is 304 g/mol. The van der Waals surface area contributed by atoms with Crippen LogP contribution in [0.5, 0.6) is 0 Å². The number of nitrogens with zero attached hydrogens (tertiary/aromatic N) is 3. The average molecular weight is 305 g/mol. The van der Waals surface area contributed by atoms with Crippen molar-refractivity contribution in [2.75, 3.05) is 5.73 Å². The largest absolute Gasteiger partial charge is 0.368 e. The number of rotatable bonds is 2. The van der Waals surface area contributed by atoms with E-state index in [4.69, 9.17) is 28.9 Å². The Morgan fingerprint density at radius 2 is 1.85 bits per heavy atom. The average Bonchev–Trinajstić information content (AvgIpc) is 2.39. The van der Waals surface area contributed by atoms with E-state index in [2.05, 4.69) is 15.0 Å². The summed E-state index contributed by atoms with van der Waals surface area (Å²) in [4.78, 5) is 12.7. The summed E-state index contributed by atoms with van der Waals surface area (Å²) in [5.74, 6) is 0.221. The van der Waals surface area contributed by atoms with Crippen LogP contribution >= 0.6 is 23.2 Å². The highest BCUT2D eigenvalue weighted by Gasteiger charge is 2.09. The fourth-order valence-electron chi connectivity index (χ4n) is 2.03. The summed E-state index contributed by atoms with van der Waals surface area (Å²) < 4.78 is 0. The Morgan fingerprint density at radius 3 is 2.65 bits per heavy atom. The van der Waals surface area contributed by atoms with Crippen molar-refractivity contribution in [2.45, 2.75) is 6.42 Å². The van der Waals surface area contributed by atoms with Gasteiger partial charge in [0.25, 0.3) is 0 Å². The second-order valence-corrected chi connectivity index (χ2v) is 5.16. The lowest BCUT2D eigenvalue weighted by atomic mass is 10.1. The Balaban J connectivity index is 2.12. The molecule has 3 aromatic rings. The van der Waals surface area contributed by atoms with E-state index in [1.165, 1.54) is 0 Å². The van der Waals surface area contributed by atoms with Gasteiger partial charge >= 0.3 is 0 Å². The number of benzene rings is 1. The minimum absolute atomic E-state index is 0.221. The van der Waals surface area contributed by atoms with E-state index in [0.717, 1.165) is 11.3 Å². The molecule has 0 spiro atoms. The lowest BCUT2D eigenvalue weighted by Gasteiger charge is -2.06. The molecule has 0 bridgehead atoms. The summed E-state index contributed by atoms with van der Waals surface area (Å²) in [6.07, 6.45) is 0.567. The van der Waals surface area contributed by atoms with Crippen LogP contribution in [0.15, 0.2) is 36.4 Å². The van der Waals surface area contributed by atoms with Crippen LogP contribution < -0.4 is 5.73 Å². The number of nitrogens with two attached hydrogens (primary N) is 1. The minimum atomic E-state index is 0.221. The molecule has 0 amide bonds. The third-order valence-corrected chi connectivity index (χ3v) is 3.30. The highest BCUT2D eigenvalue weighted by Crippen LogP contribution is 2.21. The summed E-state index contributed by atoms with van der Waals surface area (Å²) in [7, 11) is 0. The Morgan fingerprint density at radius 1 is 1.00 bits per heavy atom. The number of hydrogen-bond acceptors (Lipinski definition) is 4. The van der Waals surface area contributed by atoms with E-state index in [1.807, 2.05) is 24.3 Å². The van der Waals surface area contributed by atoms with Crippen LogP contribution in [0.3, 0.4) is 0 Å². The Hall–Kier alpha value is -1.91. The molecule has 2 aromatic heterocycles. The van der Waals surface area contributed by atoms with E-state index < -0.39 is 0 Å². The van der Waals surface area contributed by atoms with Gasteiger partial charge in [0.1, 0.15) is 10.7 Å². The fraction of sp³-hybridized carbons (Fsp3) is 0.0714. The number of halogens is 2. The van der Waals surface area contributed by atoms with Crippen molar-refractivity contribution in [3.05, 3.63) is 57.8 Å². The molecular weight excluding hydrogens is 295 g/mol. The first kappa shape index (κ1) is 13.1. The Labute approximate surface area is 125 Å². The number of anilines is 1. The fourth-order valence-corrected chi connectivity index (χ4v) is 2.39. The lowest BCUT2D eigenvalue weighted by molar-refractivity contribution is 1.06. The van der Waals surface area contributed by atoms with Gasteiger partial charge in [-0.3, -0.25) is 0 Å². The molecule has 0 aliphatic carbocycles. The Bertz CT molecular complexity index is 789. The molecule has 2 heterocycles. The first-order valence-electron chi connectivity index (χ1n) is 5.95. The van der Waals surface area contributed by atoms with E-state index >= 15 is 0 Å². The molecule has 4 nitrogen and oxygen atoms in total. The molecule has 2 N–H and O–H groups in total. The van der Waals surface area contributed by atoms with Gasteiger partial charge < -0.3 is 5.73 Å². The molecule has 6 heteroatoms. The molecule has 1 aromatic carbocycles. The first-order valence-corrected chi connectivity index (χ1v) is 6.70. The zero-order valence-electron chi connectivity index (χ0n) is 10.3. The SMILES string of the molecule is Nc1nc(Cc2cccc(Cl)c2)c2nc(Cl)ccc2n1. The number of pyridine rings is 1. The van der Waals surface area contributed by atoms with Crippen LogP contribution in [0.1, 0.15) is 11.3 Å². The zero-order valence-corrected chi connectivity index (χ0v) is 11.9. The zero-order chi connectivity index (χ0) is 14.1. The second-order valence-electron chi connectivity index (χ2n) is 4.34. The van der Waals surface area contributed by atoms with E-state index in [9.17, 15) is 0 Å². The number of fused-ring (bicyclic) bond motifs is 1. The summed E-state index contributed by atoms with van der Waals surface area (Å²) in [5, 5.41) is 1.08. The molecule has 20 heavy (non-hydrogen) atoms. The highest BCUT2D eigenvalue weighted by molar-refractivity contribution is 6.30. The predicted octanol–water partition coefficient (Wildman–Crippen LogP) is 3.50. The van der Waals surface area contributed by atoms with E-state index in [1.54, 1.807) is 12.1 Å². The van der Waals surface area contributed by atoms with Crippen molar-refractivity contribution in [3.8, 4) is 0 Å². The van der Waals surface area contributed by atoms with Crippen molar-refractivity contribution < 1.29 is 0 Å². The molecule has 0 saturated carbocycles. The third-order valence-electron chi connectivity index (χ3n) is 2.86. The van der Waals surface area contributed by atoms with Crippen LogP contribution in [0, 0.1) is 0 Å². The smallest absolute Gasteiger partial charge is 0.220 e. The maximum atomic E-state index is 5.99. The van der Waals surface area contributed by atoms with Crippen molar-refractivity contribution in [2.24, 2.45) is 0 Å². The van der Waals surface area contributed by atoms with Gasteiger partial charge in [-0.1, -0.05) is 35.3 Å². The molecule has 0 aliphatic rings. The third kappa shape index (κ3) is 2.66. The highest BCUT2D eigenvalue weighted by atomic mass is 35.5. The van der Waals surface area contributed by atoms with Crippen LogP contribution in [0.2, 0.25) is 10.2 Å². The van der Waals surface area contributed by atoms with Gasteiger partial charge in [-0.15, -0.1) is 0 Å². The quantitative estimate of drug-likeness (QED) is 0.736. The van der Waals surface area contributed by atoms with Gasteiger partial charge in [0.05, 0.1) is 11.2 Å². The Kier molecular flexibility index (Phi) is 3.42. The normalized spacial score (nSPS) is 10.9. The molecule has 0 radical (unpaired) electrons. The number of nitrogen functional groups attached to an aromatic ring is 1. The van der Waals surface area contributed by atoms with Gasteiger partial charge in [-0.05, 0) is 29.8 Å². The van der Waals surface area contributed by atoms with Crippen molar-refractivity contribution in [1.29, 1.82) is 0 Å². The molecule has 100 valence electrons. The van der Waals surface area contributed by atoms with Crippen molar-refractivity contribution in [3.63, 3.8) is 0 Å². The molecule has 0 atom stereocenters. The number of hydrogen-bond donors (Lipinski definition) is 1. The molecular formula is C14H10Cl2N4. The van der Waals surface area contributed by atoms with Crippen molar-refractivity contribution in [1.82, 2.24) is 15.0 Å². The summed E-state index contributed by atoms with van der Waals surface area (Å²) in [6.45, 7) is 0. The van der Waals surface area contributed by atoms with Gasteiger partial charge in [0.2, 0.25) is 5.95 Å². The molecule has 0 saturated heterocycles. The molecule has 0 unspecified atom stereocenters. The van der Waals surface area contributed by atoms with E-state index in [0.29, 0.717) is 27.6 Å². The van der Waals surface area contributed by atoms with Crippen LogP contribution in [0.4, 0.5) is 5.95 Å². The summed E-state index contributed by atoms with van der Waals surface area (Å²) >= 11 is 11.9. The topological polar surface area (TPSA) is 64.7 Å². The van der Waals surface area contributed by atoms with Gasteiger partial charge in [-0.2, -0.15) is 0 Å². The van der Waals surface area contributed by atoms with E-state index in [-0.39, 0.29) is 5.95 Å². The van der Waals surface area contributed by atoms with Crippen LogP contribution in [-0.2, 0) is 6.42 Å². The summed E-state index contributed by atoms with van der Waals surface area (Å²) in [6, 6.07) is 11.0. The molecule has 0 fully saturated rings. The maximum absolute atomic E-state index is 5.99. The lowest BCUT2D eigenvalue weighted by Crippen LogP contribution is -2.03. The van der Waals surface area contributed by atoms with Gasteiger partial charge in [-0.25, -0.2) is 15.0 Å². The molecule has 3 rings (SSSR count). The predicted molar refractivity (Wildman–Crippen MR) is 81.0 cm³/mol. The minimum Gasteiger partial charge on any atom is -0.368 e. The van der Waals surface area contributed by atoms with Crippen LogP contribution in [-0.4, -0.2) is 15.0 Å². The maximum Gasteiger partial charge on any atom is 0.220 e. The second kappa shape index (κ2) is 5.23.